The molecule has 22 heavy (non-hydrogen) atoms. The van der Waals surface area contributed by atoms with Gasteiger partial charge in [-0.1, -0.05) is 15.9 Å². The lowest BCUT2D eigenvalue weighted by Crippen LogP contribution is -2.25. The zero-order valence-corrected chi connectivity index (χ0v) is 13.6. The Balaban J connectivity index is 1.51. The minimum Gasteiger partial charge on any atom is -0.352 e. The predicted molar refractivity (Wildman–Crippen MR) is 90.8 cm³/mol. The smallest absolute Gasteiger partial charge is 0.251 e. The molecule has 0 saturated heterocycles. The fourth-order valence-electron chi connectivity index (χ4n) is 2.36. The third-order valence-electron chi connectivity index (χ3n) is 3.49. The second-order valence-corrected chi connectivity index (χ2v) is 5.96. The maximum atomic E-state index is 12.0. The van der Waals surface area contributed by atoms with Crippen LogP contribution in [0.1, 0.15) is 16.8 Å². The Morgan fingerprint density at radius 1 is 1.18 bits per heavy atom. The van der Waals surface area contributed by atoms with Crippen molar-refractivity contribution >= 4 is 32.9 Å². The van der Waals surface area contributed by atoms with Gasteiger partial charge in [0.15, 0.2) is 0 Å². The van der Waals surface area contributed by atoms with Crippen molar-refractivity contribution in [1.82, 2.24) is 14.9 Å². The first kappa shape index (κ1) is 14.8. The summed E-state index contributed by atoms with van der Waals surface area (Å²) in [5, 5.41) is 4.08. The zero-order chi connectivity index (χ0) is 15.4. The van der Waals surface area contributed by atoms with Gasteiger partial charge >= 0.3 is 0 Å². The molecule has 112 valence electrons. The van der Waals surface area contributed by atoms with E-state index in [4.69, 9.17) is 0 Å². The highest BCUT2D eigenvalue weighted by Gasteiger charge is 2.05. The Morgan fingerprint density at radius 2 is 2.00 bits per heavy atom. The van der Waals surface area contributed by atoms with E-state index < -0.39 is 0 Å². The molecule has 1 N–H and O–H groups in total. The lowest BCUT2D eigenvalue weighted by Gasteiger charge is -2.07. The number of carbonyl (C=O) groups is 1. The van der Waals surface area contributed by atoms with E-state index in [0.29, 0.717) is 12.1 Å². The second-order valence-electron chi connectivity index (χ2n) is 5.04. The monoisotopic (exact) mass is 357 g/mol. The molecule has 2 heterocycles. The molecular weight excluding hydrogens is 342 g/mol. The zero-order valence-electron chi connectivity index (χ0n) is 12.0. The standard InChI is InChI=1S/C17H16BrN3O/c18-15-6-4-14(5-7-15)17(22)20-10-2-11-21-12-8-13-3-1-9-19-16(13)21/h1,3-9,12H,2,10-11H2,(H,20,22). The number of hydrogen-bond donors (Lipinski definition) is 1. The average molecular weight is 358 g/mol. The molecule has 2 aromatic heterocycles. The SMILES string of the molecule is O=C(NCCCn1ccc2cccnc21)c1ccc(Br)cc1. The number of rotatable bonds is 5. The van der Waals surface area contributed by atoms with Crippen molar-refractivity contribution in [2.24, 2.45) is 0 Å². The van der Waals surface area contributed by atoms with Crippen LogP contribution < -0.4 is 5.32 Å². The van der Waals surface area contributed by atoms with Gasteiger partial charge in [0, 0.05) is 40.9 Å². The van der Waals surface area contributed by atoms with Crippen LogP contribution in [-0.4, -0.2) is 22.0 Å². The molecule has 0 saturated carbocycles. The molecule has 0 fully saturated rings. The predicted octanol–water partition coefficient (Wildman–Crippen LogP) is 3.62. The summed E-state index contributed by atoms with van der Waals surface area (Å²) in [6, 6.07) is 13.4. The van der Waals surface area contributed by atoms with E-state index in [1.165, 1.54) is 0 Å². The Hall–Kier alpha value is -2.14. The minimum atomic E-state index is -0.0389. The molecular formula is C17H16BrN3O. The fraction of sp³-hybridized carbons (Fsp3) is 0.176. The van der Waals surface area contributed by atoms with Crippen LogP contribution in [0.15, 0.2) is 59.3 Å². The van der Waals surface area contributed by atoms with Crippen molar-refractivity contribution in [3.63, 3.8) is 0 Å². The van der Waals surface area contributed by atoms with Crippen molar-refractivity contribution in [2.45, 2.75) is 13.0 Å². The van der Waals surface area contributed by atoms with Crippen molar-refractivity contribution < 1.29 is 4.79 Å². The third kappa shape index (κ3) is 3.36. The fourth-order valence-corrected chi connectivity index (χ4v) is 2.62. The Bertz CT molecular complexity index is 780. The molecule has 5 heteroatoms. The number of aryl methyl sites for hydroxylation is 1. The maximum absolute atomic E-state index is 12.0. The van der Waals surface area contributed by atoms with E-state index in [-0.39, 0.29) is 5.91 Å². The average Bonchev–Trinajstić information content (AvgIpc) is 2.95. The normalized spacial score (nSPS) is 10.8. The van der Waals surface area contributed by atoms with Gasteiger partial charge < -0.3 is 9.88 Å². The highest BCUT2D eigenvalue weighted by Crippen LogP contribution is 2.13. The second kappa shape index (κ2) is 6.75. The molecule has 1 aromatic carbocycles. The number of nitrogens with one attached hydrogen (secondary N) is 1. The highest BCUT2D eigenvalue weighted by molar-refractivity contribution is 9.10. The van der Waals surface area contributed by atoms with E-state index in [2.05, 4.69) is 36.9 Å². The van der Waals surface area contributed by atoms with Crippen LogP contribution in [-0.2, 0) is 6.54 Å². The van der Waals surface area contributed by atoms with Crippen LogP contribution >= 0.6 is 15.9 Å². The largest absolute Gasteiger partial charge is 0.352 e. The summed E-state index contributed by atoms with van der Waals surface area (Å²) in [6.45, 7) is 1.47. The van der Waals surface area contributed by atoms with Crippen molar-refractivity contribution in [2.75, 3.05) is 6.54 Å². The molecule has 0 atom stereocenters. The van der Waals surface area contributed by atoms with Gasteiger partial charge in [0.1, 0.15) is 5.65 Å². The van der Waals surface area contributed by atoms with Crippen LogP contribution in [0, 0.1) is 0 Å². The number of amides is 1. The summed E-state index contributed by atoms with van der Waals surface area (Å²) in [7, 11) is 0. The molecule has 0 bridgehead atoms. The molecule has 0 radical (unpaired) electrons. The van der Waals surface area contributed by atoms with Gasteiger partial charge in [0.25, 0.3) is 5.91 Å². The topological polar surface area (TPSA) is 46.9 Å². The van der Waals surface area contributed by atoms with Gasteiger partial charge in [-0.05, 0) is 48.9 Å². The lowest BCUT2D eigenvalue weighted by atomic mass is 10.2. The Kier molecular flexibility index (Phi) is 4.53. The summed E-state index contributed by atoms with van der Waals surface area (Å²) in [5.41, 5.74) is 1.66. The first-order valence-corrected chi connectivity index (χ1v) is 7.97. The molecule has 0 aliphatic carbocycles. The number of hydrogen-bond acceptors (Lipinski definition) is 2. The van der Waals surface area contributed by atoms with Gasteiger partial charge in [0.05, 0.1) is 0 Å². The van der Waals surface area contributed by atoms with Crippen LogP contribution in [0.4, 0.5) is 0 Å². The molecule has 0 unspecified atom stereocenters. The number of benzene rings is 1. The van der Waals surface area contributed by atoms with Gasteiger partial charge in [-0.3, -0.25) is 4.79 Å². The molecule has 0 spiro atoms. The summed E-state index contributed by atoms with van der Waals surface area (Å²) in [4.78, 5) is 16.4. The van der Waals surface area contributed by atoms with Gasteiger partial charge in [-0.25, -0.2) is 4.98 Å². The van der Waals surface area contributed by atoms with E-state index in [1.54, 1.807) is 6.20 Å². The number of carbonyl (C=O) groups excluding carboxylic acids is 1. The van der Waals surface area contributed by atoms with Crippen LogP contribution in [0.25, 0.3) is 11.0 Å². The van der Waals surface area contributed by atoms with Crippen molar-refractivity contribution in [1.29, 1.82) is 0 Å². The lowest BCUT2D eigenvalue weighted by molar-refractivity contribution is 0.0953. The van der Waals surface area contributed by atoms with E-state index in [1.807, 2.05) is 42.6 Å². The van der Waals surface area contributed by atoms with E-state index in [9.17, 15) is 4.79 Å². The van der Waals surface area contributed by atoms with Gasteiger partial charge in [-0.2, -0.15) is 0 Å². The van der Waals surface area contributed by atoms with E-state index >= 15 is 0 Å². The molecule has 1 amide bonds. The Labute approximate surface area is 137 Å². The quantitative estimate of drug-likeness (QED) is 0.708. The third-order valence-corrected chi connectivity index (χ3v) is 4.02. The summed E-state index contributed by atoms with van der Waals surface area (Å²) < 4.78 is 3.08. The summed E-state index contributed by atoms with van der Waals surface area (Å²) >= 11 is 3.36. The van der Waals surface area contributed by atoms with Crippen molar-refractivity contribution in [3.8, 4) is 0 Å². The number of halogens is 1. The number of aromatic nitrogens is 2. The first-order valence-electron chi connectivity index (χ1n) is 7.18. The molecule has 4 nitrogen and oxygen atoms in total. The maximum Gasteiger partial charge on any atom is 0.251 e. The van der Waals surface area contributed by atoms with Gasteiger partial charge in [-0.15, -0.1) is 0 Å². The number of pyridine rings is 1. The van der Waals surface area contributed by atoms with Crippen molar-refractivity contribution in [3.05, 3.63) is 64.9 Å². The van der Waals surface area contributed by atoms with Crippen LogP contribution in [0.2, 0.25) is 0 Å². The van der Waals surface area contributed by atoms with E-state index in [0.717, 1.165) is 28.5 Å². The highest BCUT2D eigenvalue weighted by atomic mass is 79.9. The molecule has 3 aromatic rings. The summed E-state index contributed by atoms with van der Waals surface area (Å²) in [5.74, 6) is -0.0389. The number of fused-ring (bicyclic) bond motifs is 1. The van der Waals surface area contributed by atoms with Gasteiger partial charge in [0.2, 0.25) is 0 Å². The summed E-state index contributed by atoms with van der Waals surface area (Å²) in [6.07, 6.45) is 4.70. The Morgan fingerprint density at radius 3 is 2.82 bits per heavy atom. The molecule has 0 aliphatic heterocycles. The molecule has 0 aliphatic rings. The van der Waals surface area contributed by atoms with Crippen LogP contribution in [0.5, 0.6) is 0 Å². The number of nitrogens with zero attached hydrogens (tertiary/aromatic N) is 2. The molecule has 3 rings (SSSR count). The minimum absolute atomic E-state index is 0.0389. The first-order chi connectivity index (χ1) is 10.7. The van der Waals surface area contributed by atoms with Crippen LogP contribution in [0.3, 0.4) is 0 Å².